The lowest BCUT2D eigenvalue weighted by Crippen LogP contribution is -2.39. The maximum absolute atomic E-state index is 13.0. The van der Waals surface area contributed by atoms with E-state index in [1.165, 1.54) is 5.56 Å². The maximum atomic E-state index is 13.0. The second-order valence-electron chi connectivity index (χ2n) is 12.5. The number of phenols is 1. The van der Waals surface area contributed by atoms with Crippen LogP contribution < -0.4 is 18.9 Å². The average Bonchev–Trinajstić information content (AvgIpc) is 3.04. The van der Waals surface area contributed by atoms with Gasteiger partial charge in [-0.3, -0.25) is 9.69 Å². The zero-order chi connectivity index (χ0) is 31.0. The van der Waals surface area contributed by atoms with Crippen LogP contribution in [0.25, 0.3) is 11.1 Å². The molecule has 0 aliphatic carbocycles. The minimum Gasteiger partial charge on any atom is -0.507 e. The number of hydrogen-bond donors (Lipinski definition) is 1. The minimum absolute atomic E-state index is 0.00576. The first-order chi connectivity index (χ1) is 21.8. The third-order valence-corrected chi connectivity index (χ3v) is 10.0. The molecule has 0 saturated heterocycles. The molecular weight excluding hydrogens is 568 g/mol. The summed E-state index contributed by atoms with van der Waals surface area (Å²) < 4.78 is 25.2. The van der Waals surface area contributed by atoms with Crippen LogP contribution in [-0.4, -0.2) is 55.2 Å². The van der Waals surface area contributed by atoms with E-state index in [0.29, 0.717) is 59.4 Å². The van der Waals surface area contributed by atoms with Crippen LogP contribution in [0.4, 0.5) is 0 Å². The molecule has 0 saturated carbocycles. The third kappa shape index (κ3) is 4.42. The Hall–Kier alpha value is -4.69. The standard InChI is InChI=1S/C37H36N2O6/c1-20(40)39-12-10-23-17-32-33-19-25(23)28(39)15-21-5-7-30(41)26(13-21)27-14-22(6-8-31(27)42-3)16-29-35-24(9-11-38(29)2)18-34(43-4)36(44-32)37(35)45-33/h5-8,13-14,17-19,28-29,41H,9-12,15-16H2,1-4H3. The van der Waals surface area contributed by atoms with Gasteiger partial charge in [-0.05, 0) is 103 Å². The molecule has 0 aromatic heterocycles. The Labute approximate surface area is 262 Å². The first-order valence-electron chi connectivity index (χ1n) is 15.6. The lowest BCUT2D eigenvalue weighted by atomic mass is 9.85. The van der Waals surface area contributed by atoms with Crippen LogP contribution in [0.1, 0.15) is 52.4 Å². The van der Waals surface area contributed by atoms with Crippen molar-refractivity contribution >= 4 is 5.91 Å². The van der Waals surface area contributed by atoms with Gasteiger partial charge in [0.2, 0.25) is 11.7 Å². The number of carbonyl (C=O) groups excluding carboxylic acids is 1. The summed E-state index contributed by atoms with van der Waals surface area (Å²) in [5, 5.41) is 11.2. The molecule has 7 bridgehead atoms. The fourth-order valence-corrected chi connectivity index (χ4v) is 7.68. The molecule has 0 fully saturated rings. The van der Waals surface area contributed by atoms with Crippen molar-refractivity contribution in [1.29, 1.82) is 0 Å². The molecular formula is C37H36N2O6. The quantitative estimate of drug-likeness (QED) is 0.239. The first-order valence-corrected chi connectivity index (χ1v) is 15.6. The van der Waals surface area contributed by atoms with Gasteiger partial charge in [-0.2, -0.15) is 0 Å². The van der Waals surface area contributed by atoms with E-state index in [2.05, 4.69) is 42.3 Å². The monoisotopic (exact) mass is 604 g/mol. The van der Waals surface area contributed by atoms with Crippen LogP contribution in [0.5, 0.6) is 40.2 Å². The van der Waals surface area contributed by atoms with Gasteiger partial charge in [-0.25, -0.2) is 0 Å². The fourth-order valence-electron chi connectivity index (χ4n) is 7.68. The molecule has 45 heavy (non-hydrogen) atoms. The molecule has 8 nitrogen and oxygen atoms in total. The number of aromatic hydroxyl groups is 1. The van der Waals surface area contributed by atoms with Crippen molar-refractivity contribution in [3.63, 3.8) is 0 Å². The second kappa shape index (κ2) is 10.4. The van der Waals surface area contributed by atoms with Crippen molar-refractivity contribution in [2.45, 2.75) is 44.7 Å². The summed E-state index contributed by atoms with van der Waals surface area (Å²) in [6, 6.07) is 18.0. The van der Waals surface area contributed by atoms with Gasteiger partial charge in [0.05, 0.1) is 20.3 Å². The fraction of sp³-hybridized carbons (Fsp3) is 0.324. The van der Waals surface area contributed by atoms with Crippen LogP contribution in [-0.2, 0) is 30.5 Å². The highest BCUT2D eigenvalue weighted by atomic mass is 16.6. The summed E-state index contributed by atoms with van der Waals surface area (Å²) in [6.45, 7) is 3.12. The van der Waals surface area contributed by atoms with Gasteiger partial charge >= 0.3 is 0 Å². The Bertz CT molecular complexity index is 1880. The maximum Gasteiger partial charge on any atom is 0.219 e. The Morgan fingerprint density at radius 3 is 2.27 bits per heavy atom. The van der Waals surface area contributed by atoms with Crippen molar-refractivity contribution < 1.29 is 28.8 Å². The van der Waals surface area contributed by atoms with Gasteiger partial charge < -0.3 is 29.0 Å². The van der Waals surface area contributed by atoms with E-state index in [1.807, 2.05) is 23.1 Å². The number of rotatable bonds is 2. The molecule has 2 unspecified atom stereocenters. The largest absolute Gasteiger partial charge is 0.507 e. The zero-order valence-electron chi connectivity index (χ0n) is 26.0. The number of benzene rings is 4. The van der Waals surface area contributed by atoms with Crippen LogP contribution >= 0.6 is 0 Å². The molecule has 2 atom stereocenters. The van der Waals surface area contributed by atoms with E-state index in [9.17, 15) is 9.90 Å². The average molecular weight is 605 g/mol. The van der Waals surface area contributed by atoms with Gasteiger partial charge in [0.25, 0.3) is 0 Å². The molecule has 8 rings (SSSR count). The number of hydrogen-bond acceptors (Lipinski definition) is 7. The van der Waals surface area contributed by atoms with Crippen LogP contribution in [0.2, 0.25) is 0 Å². The van der Waals surface area contributed by atoms with Gasteiger partial charge in [0.15, 0.2) is 23.0 Å². The van der Waals surface area contributed by atoms with Gasteiger partial charge in [0, 0.05) is 42.7 Å². The van der Waals surface area contributed by atoms with Gasteiger partial charge in [-0.15, -0.1) is 0 Å². The minimum atomic E-state index is -0.210. The number of phenolic OH excluding ortho intramolecular Hbond substituents is 1. The van der Waals surface area contributed by atoms with Gasteiger partial charge in [-0.1, -0.05) is 12.1 Å². The summed E-state index contributed by atoms with van der Waals surface area (Å²) in [5.74, 6) is 4.14. The Balaban J connectivity index is 1.40. The number of nitrogens with zero attached hydrogens (tertiary/aromatic N) is 2. The van der Waals surface area contributed by atoms with Crippen molar-refractivity contribution in [2.75, 3.05) is 34.4 Å². The predicted molar refractivity (Wildman–Crippen MR) is 170 cm³/mol. The van der Waals surface area contributed by atoms with E-state index in [0.717, 1.165) is 52.8 Å². The van der Waals surface area contributed by atoms with Crippen molar-refractivity contribution in [1.82, 2.24) is 9.80 Å². The van der Waals surface area contributed by atoms with E-state index in [4.69, 9.17) is 18.9 Å². The lowest BCUT2D eigenvalue weighted by molar-refractivity contribution is -0.131. The van der Waals surface area contributed by atoms with E-state index in [-0.39, 0.29) is 23.7 Å². The molecule has 0 spiro atoms. The molecule has 0 radical (unpaired) electrons. The molecule has 230 valence electrons. The number of likely N-dealkylation sites (N-methyl/N-ethyl adjacent to an activating group) is 1. The topological polar surface area (TPSA) is 80.7 Å². The number of amides is 1. The predicted octanol–water partition coefficient (Wildman–Crippen LogP) is 6.75. The molecule has 4 heterocycles. The normalized spacial score (nSPS) is 19.4. The summed E-state index contributed by atoms with van der Waals surface area (Å²) >= 11 is 0. The second-order valence-corrected chi connectivity index (χ2v) is 12.5. The summed E-state index contributed by atoms with van der Waals surface area (Å²) in [5.41, 5.74) is 8.12. The Morgan fingerprint density at radius 1 is 0.800 bits per heavy atom. The van der Waals surface area contributed by atoms with E-state index >= 15 is 0 Å². The smallest absolute Gasteiger partial charge is 0.219 e. The Kier molecular flexibility index (Phi) is 6.46. The molecule has 4 aliphatic rings. The van der Waals surface area contributed by atoms with Crippen molar-refractivity contribution in [3.8, 4) is 51.4 Å². The third-order valence-electron chi connectivity index (χ3n) is 10.0. The lowest BCUT2D eigenvalue weighted by Gasteiger charge is -2.39. The first kappa shape index (κ1) is 27.8. The zero-order valence-corrected chi connectivity index (χ0v) is 26.0. The molecule has 4 aromatic carbocycles. The summed E-state index contributed by atoms with van der Waals surface area (Å²) in [7, 11) is 5.48. The number of carbonyl (C=O) groups is 1. The number of ether oxygens (including phenoxy) is 4. The molecule has 1 N–H and O–H groups in total. The molecule has 4 aliphatic heterocycles. The van der Waals surface area contributed by atoms with Crippen molar-refractivity contribution in [2.24, 2.45) is 0 Å². The number of fused-ring (bicyclic) bond motifs is 5. The van der Waals surface area contributed by atoms with E-state index in [1.54, 1.807) is 27.2 Å². The van der Waals surface area contributed by atoms with Crippen LogP contribution in [0.3, 0.4) is 0 Å². The summed E-state index contributed by atoms with van der Waals surface area (Å²) in [4.78, 5) is 17.3. The molecule has 8 heteroatoms. The van der Waals surface area contributed by atoms with Crippen molar-refractivity contribution in [3.05, 3.63) is 88.0 Å². The van der Waals surface area contributed by atoms with Gasteiger partial charge in [0.1, 0.15) is 11.5 Å². The van der Waals surface area contributed by atoms with Crippen LogP contribution in [0, 0.1) is 0 Å². The highest BCUT2D eigenvalue weighted by Gasteiger charge is 2.38. The summed E-state index contributed by atoms with van der Waals surface area (Å²) in [6.07, 6.45) is 2.87. The Morgan fingerprint density at radius 2 is 1.49 bits per heavy atom. The number of methoxy groups -OCH3 is 2. The molecule has 4 aromatic rings. The highest BCUT2D eigenvalue weighted by Crippen LogP contribution is 2.57. The van der Waals surface area contributed by atoms with Crippen LogP contribution in [0.15, 0.2) is 54.6 Å². The highest BCUT2D eigenvalue weighted by molar-refractivity contribution is 5.78. The molecule has 1 amide bonds. The van der Waals surface area contributed by atoms with E-state index < -0.39 is 0 Å². The SMILES string of the molecule is COc1ccc2cc1-c1cc(ccc1O)CC1c3cc4c(cc3CCN1C(C)=O)Oc1c(OC)cc3c(c1O4)C(C2)N(C)CC3.